The summed E-state index contributed by atoms with van der Waals surface area (Å²) in [6.07, 6.45) is -0.413. The predicted molar refractivity (Wildman–Crippen MR) is 63.4 cm³/mol. The van der Waals surface area contributed by atoms with Crippen LogP contribution in [0.15, 0.2) is 0 Å². The highest BCUT2D eigenvalue weighted by atomic mass is 16.7. The van der Waals surface area contributed by atoms with E-state index in [0.717, 1.165) is 5.06 Å². The molecular formula is C11H22N2O4. The van der Waals surface area contributed by atoms with Gasteiger partial charge in [0.2, 0.25) is 0 Å². The van der Waals surface area contributed by atoms with Crippen molar-refractivity contribution in [1.29, 1.82) is 0 Å². The molecule has 0 aromatic heterocycles. The molecule has 2 unspecified atom stereocenters. The smallest absolute Gasteiger partial charge is 0.407 e. The van der Waals surface area contributed by atoms with Crippen molar-refractivity contribution < 1.29 is 19.5 Å². The van der Waals surface area contributed by atoms with E-state index in [9.17, 15) is 9.59 Å². The summed E-state index contributed by atoms with van der Waals surface area (Å²) in [5.41, 5.74) is 0. The minimum Gasteiger partial charge on any atom is -0.465 e. The molecule has 6 nitrogen and oxygen atoms in total. The zero-order valence-electron chi connectivity index (χ0n) is 11.1. The maximum absolute atomic E-state index is 11.9. The largest absolute Gasteiger partial charge is 0.465 e. The summed E-state index contributed by atoms with van der Waals surface area (Å²) in [6.45, 7) is 5.71. The average molecular weight is 246 g/mol. The molecule has 0 heterocycles. The van der Waals surface area contributed by atoms with Crippen LogP contribution in [0, 0.1) is 5.92 Å². The molecule has 1 N–H and O–H groups in total. The number of amides is 2. The maximum Gasteiger partial charge on any atom is 0.407 e. The van der Waals surface area contributed by atoms with E-state index in [1.54, 1.807) is 13.8 Å². The molecule has 2 amide bonds. The maximum atomic E-state index is 11.9. The van der Waals surface area contributed by atoms with Gasteiger partial charge in [0.15, 0.2) is 0 Å². The molecule has 0 fully saturated rings. The third-order valence-electron chi connectivity index (χ3n) is 2.96. The number of hydrogen-bond acceptors (Lipinski definition) is 3. The summed E-state index contributed by atoms with van der Waals surface area (Å²) in [4.78, 5) is 29.1. The van der Waals surface area contributed by atoms with Crippen LogP contribution in [0.1, 0.15) is 27.2 Å². The van der Waals surface area contributed by atoms with Gasteiger partial charge < -0.3 is 10.0 Å². The Balaban J connectivity index is 4.86. The number of carboxylic acid groups (broad SMARTS) is 1. The molecule has 0 saturated heterocycles. The highest BCUT2D eigenvalue weighted by Crippen LogP contribution is 2.17. The summed E-state index contributed by atoms with van der Waals surface area (Å²) >= 11 is 0. The van der Waals surface area contributed by atoms with Gasteiger partial charge in [-0.2, -0.15) is 0 Å². The van der Waals surface area contributed by atoms with Gasteiger partial charge in [-0.25, -0.2) is 9.86 Å². The highest BCUT2D eigenvalue weighted by Gasteiger charge is 2.31. The van der Waals surface area contributed by atoms with Gasteiger partial charge in [0.05, 0.1) is 13.0 Å². The molecule has 0 spiro atoms. The molecule has 0 saturated carbocycles. The number of nitrogens with zero attached hydrogens (tertiary/aromatic N) is 2. The monoisotopic (exact) mass is 246 g/mol. The fourth-order valence-corrected chi connectivity index (χ4v) is 1.90. The van der Waals surface area contributed by atoms with Crippen molar-refractivity contribution in [3.8, 4) is 0 Å². The second-order valence-electron chi connectivity index (χ2n) is 3.85. The molecule has 0 aliphatic carbocycles. The Kier molecular flexibility index (Phi) is 6.57. The number of hydroxylamine groups is 2. The fraction of sp³-hybridized carbons (Fsp3) is 0.818. The first-order chi connectivity index (χ1) is 7.90. The van der Waals surface area contributed by atoms with E-state index in [1.807, 2.05) is 6.92 Å². The lowest BCUT2D eigenvalue weighted by Crippen LogP contribution is -2.47. The molecule has 100 valence electrons. The van der Waals surface area contributed by atoms with Crippen molar-refractivity contribution >= 4 is 12.0 Å². The summed E-state index contributed by atoms with van der Waals surface area (Å²) in [6, 6.07) is -0.331. The molecule has 0 rings (SSSR count). The fourth-order valence-electron chi connectivity index (χ4n) is 1.90. The minimum absolute atomic E-state index is 0.223. The third kappa shape index (κ3) is 3.89. The van der Waals surface area contributed by atoms with Gasteiger partial charge in [-0.3, -0.25) is 9.63 Å². The molecule has 0 aromatic carbocycles. The van der Waals surface area contributed by atoms with E-state index >= 15 is 0 Å². The number of carbonyl (C=O) groups excluding carboxylic acids is 1. The van der Waals surface area contributed by atoms with Gasteiger partial charge in [0.25, 0.3) is 5.91 Å². The molecular weight excluding hydrogens is 224 g/mol. The Hall–Kier alpha value is -1.30. The van der Waals surface area contributed by atoms with Crippen LogP contribution in [0.4, 0.5) is 4.79 Å². The third-order valence-corrected chi connectivity index (χ3v) is 2.96. The topological polar surface area (TPSA) is 70.1 Å². The second-order valence-corrected chi connectivity index (χ2v) is 3.85. The average Bonchev–Trinajstić information content (AvgIpc) is 2.32. The number of hydrogen-bond donors (Lipinski definition) is 1. The van der Waals surface area contributed by atoms with Crippen LogP contribution in [-0.2, 0) is 9.63 Å². The molecule has 0 aliphatic rings. The van der Waals surface area contributed by atoms with E-state index in [4.69, 9.17) is 9.94 Å². The lowest BCUT2D eigenvalue weighted by Gasteiger charge is -2.32. The van der Waals surface area contributed by atoms with Gasteiger partial charge in [-0.1, -0.05) is 13.8 Å². The first-order valence-electron chi connectivity index (χ1n) is 5.71. The summed E-state index contributed by atoms with van der Waals surface area (Å²) in [5.74, 6) is -0.653. The van der Waals surface area contributed by atoms with E-state index in [1.165, 1.54) is 19.1 Å². The Morgan fingerprint density at radius 3 is 2.18 bits per heavy atom. The van der Waals surface area contributed by atoms with Crippen LogP contribution in [-0.4, -0.2) is 53.8 Å². The van der Waals surface area contributed by atoms with Crippen molar-refractivity contribution in [2.75, 3.05) is 20.7 Å². The minimum atomic E-state index is -1.00. The van der Waals surface area contributed by atoms with E-state index in [0.29, 0.717) is 13.0 Å². The Morgan fingerprint density at radius 2 is 1.88 bits per heavy atom. The van der Waals surface area contributed by atoms with E-state index in [2.05, 4.69) is 0 Å². The zero-order chi connectivity index (χ0) is 13.6. The standard InChI is InChI=1S/C11H22N2O4/c1-6-9(13(7-2)11(15)16)8(3)10(14)12(4)17-5/h8-9H,6-7H2,1-5H3,(H,15,16). The molecule has 0 bridgehead atoms. The normalized spacial score (nSPS) is 13.9. The summed E-state index contributed by atoms with van der Waals surface area (Å²) in [7, 11) is 2.92. The van der Waals surface area contributed by atoms with Crippen molar-refractivity contribution in [2.24, 2.45) is 5.92 Å². The Bertz CT molecular complexity index is 270. The van der Waals surface area contributed by atoms with Crippen LogP contribution in [0.3, 0.4) is 0 Å². The van der Waals surface area contributed by atoms with Gasteiger partial charge >= 0.3 is 6.09 Å². The molecule has 0 aromatic rings. The van der Waals surface area contributed by atoms with Crippen LogP contribution in [0.2, 0.25) is 0 Å². The highest BCUT2D eigenvalue weighted by molar-refractivity contribution is 5.78. The lowest BCUT2D eigenvalue weighted by molar-refractivity contribution is -0.174. The SMILES string of the molecule is CCC(C(C)C(=O)N(C)OC)N(CC)C(=O)O. The van der Waals surface area contributed by atoms with Gasteiger partial charge in [-0.05, 0) is 13.3 Å². The molecule has 0 radical (unpaired) electrons. The quantitative estimate of drug-likeness (QED) is 0.720. The molecule has 17 heavy (non-hydrogen) atoms. The lowest BCUT2D eigenvalue weighted by atomic mass is 9.97. The molecule has 2 atom stereocenters. The van der Waals surface area contributed by atoms with Crippen molar-refractivity contribution in [1.82, 2.24) is 9.96 Å². The van der Waals surface area contributed by atoms with Gasteiger partial charge in [-0.15, -0.1) is 0 Å². The van der Waals surface area contributed by atoms with Crippen LogP contribution in [0.25, 0.3) is 0 Å². The summed E-state index contributed by atoms with van der Waals surface area (Å²) in [5, 5.41) is 10.2. The van der Waals surface area contributed by atoms with E-state index < -0.39 is 12.0 Å². The van der Waals surface area contributed by atoms with Crippen LogP contribution < -0.4 is 0 Å². The van der Waals surface area contributed by atoms with Crippen molar-refractivity contribution in [3.63, 3.8) is 0 Å². The van der Waals surface area contributed by atoms with Gasteiger partial charge in [0.1, 0.15) is 0 Å². The first kappa shape index (κ1) is 15.7. The Labute approximate surface area is 102 Å². The van der Waals surface area contributed by atoms with Crippen LogP contribution in [0.5, 0.6) is 0 Å². The van der Waals surface area contributed by atoms with Crippen molar-refractivity contribution in [3.05, 3.63) is 0 Å². The first-order valence-corrected chi connectivity index (χ1v) is 5.71. The Morgan fingerprint density at radius 1 is 1.35 bits per heavy atom. The van der Waals surface area contributed by atoms with Crippen molar-refractivity contribution in [2.45, 2.75) is 33.2 Å². The second kappa shape index (κ2) is 7.11. The summed E-state index contributed by atoms with van der Waals surface area (Å²) < 4.78 is 0. The number of rotatable bonds is 6. The van der Waals surface area contributed by atoms with Crippen LogP contribution >= 0.6 is 0 Å². The number of carbonyl (C=O) groups is 2. The predicted octanol–water partition coefficient (Wildman–Crippen LogP) is 1.42. The molecule has 6 heteroatoms. The van der Waals surface area contributed by atoms with Gasteiger partial charge in [0, 0.05) is 19.6 Å². The van der Waals surface area contributed by atoms with E-state index in [-0.39, 0.29) is 11.9 Å². The molecule has 0 aliphatic heterocycles. The zero-order valence-corrected chi connectivity index (χ0v) is 11.1.